The molecule has 0 radical (unpaired) electrons. The molecule has 1 aliphatic rings. The number of halogens is 4. The minimum absolute atomic E-state index is 0.292. The minimum atomic E-state index is 0.292. The number of hydrazone groups is 1. The Labute approximate surface area is 253 Å². The zero-order chi connectivity index (χ0) is 27.2. The maximum atomic E-state index is 6.27. The fourth-order valence-electron chi connectivity index (χ4n) is 3.92. The van der Waals surface area contributed by atoms with E-state index in [1.807, 2.05) is 48.5 Å². The summed E-state index contributed by atoms with van der Waals surface area (Å²) in [6.45, 7) is 2.12. The molecular weight excluding hydrogens is 669 g/mol. The zero-order valence-corrected chi connectivity index (χ0v) is 25.2. The zero-order valence-electron chi connectivity index (χ0n) is 20.5. The first-order valence-corrected chi connectivity index (χ1v) is 14.5. The van der Waals surface area contributed by atoms with Crippen molar-refractivity contribution in [2.45, 2.75) is 19.4 Å². The summed E-state index contributed by atoms with van der Waals surface area (Å²) >= 11 is 19.4. The van der Waals surface area contributed by atoms with E-state index in [0.717, 1.165) is 51.7 Å². The van der Waals surface area contributed by atoms with Crippen molar-refractivity contribution in [2.24, 2.45) is 5.10 Å². The molecule has 200 valence electrons. The normalized spacial score (nSPS) is 13.2. The second kappa shape index (κ2) is 13.0. The quantitative estimate of drug-likeness (QED) is 0.136. The lowest BCUT2D eigenvalue weighted by Crippen LogP contribution is -2.21. The van der Waals surface area contributed by atoms with Crippen molar-refractivity contribution in [3.05, 3.63) is 90.8 Å². The molecule has 3 aromatic carbocycles. The highest BCUT2D eigenvalue weighted by Crippen LogP contribution is 2.35. The summed E-state index contributed by atoms with van der Waals surface area (Å²) < 4.78 is 7.52. The number of ether oxygens (including phenoxy) is 1. The SMILES string of the molecule is Clc1ccc(COc2c(Br)cc(/C=N\Nc3nc(Nc4ccccc4)nc(N4CCCC4)n3)cc2Br)c(Cl)c1. The van der Waals surface area contributed by atoms with Gasteiger partial charge in [0.1, 0.15) is 12.4 Å². The van der Waals surface area contributed by atoms with Crippen molar-refractivity contribution >= 4 is 84.8 Å². The Balaban J connectivity index is 1.29. The first kappa shape index (κ1) is 27.6. The third kappa shape index (κ3) is 7.39. The van der Waals surface area contributed by atoms with Gasteiger partial charge in [-0.1, -0.05) is 47.5 Å². The summed E-state index contributed by atoms with van der Waals surface area (Å²) in [6, 6.07) is 18.9. The van der Waals surface area contributed by atoms with E-state index in [4.69, 9.17) is 27.9 Å². The van der Waals surface area contributed by atoms with Crippen LogP contribution in [0, 0.1) is 0 Å². The number of benzene rings is 3. The number of hydrogen-bond donors (Lipinski definition) is 2. The molecular formula is C27H23Br2Cl2N7O. The van der Waals surface area contributed by atoms with Crippen LogP contribution in [0.3, 0.4) is 0 Å². The van der Waals surface area contributed by atoms with E-state index in [0.29, 0.717) is 40.2 Å². The Morgan fingerprint density at radius 1 is 0.923 bits per heavy atom. The van der Waals surface area contributed by atoms with Gasteiger partial charge in [0.2, 0.25) is 17.8 Å². The Hall–Kier alpha value is -2.92. The summed E-state index contributed by atoms with van der Waals surface area (Å²) in [7, 11) is 0. The second-order valence-electron chi connectivity index (χ2n) is 8.68. The van der Waals surface area contributed by atoms with Gasteiger partial charge in [-0.05, 0) is 86.7 Å². The third-order valence-corrected chi connectivity index (χ3v) is 7.59. The average molecular weight is 692 g/mol. The van der Waals surface area contributed by atoms with Crippen molar-refractivity contribution in [1.29, 1.82) is 0 Å². The van der Waals surface area contributed by atoms with Gasteiger partial charge in [0.15, 0.2) is 0 Å². The van der Waals surface area contributed by atoms with Gasteiger partial charge < -0.3 is 15.0 Å². The molecule has 1 fully saturated rings. The molecule has 39 heavy (non-hydrogen) atoms. The molecule has 1 aliphatic heterocycles. The molecule has 0 atom stereocenters. The largest absolute Gasteiger partial charge is 0.486 e. The van der Waals surface area contributed by atoms with Gasteiger partial charge in [-0.15, -0.1) is 0 Å². The Kier molecular flexibility index (Phi) is 9.18. The van der Waals surface area contributed by atoms with E-state index in [1.165, 1.54) is 0 Å². The topological polar surface area (TPSA) is 87.6 Å². The third-order valence-electron chi connectivity index (χ3n) is 5.83. The molecule has 12 heteroatoms. The highest BCUT2D eigenvalue weighted by Gasteiger charge is 2.17. The summed E-state index contributed by atoms with van der Waals surface area (Å²) in [5.74, 6) is 2.06. The summed E-state index contributed by atoms with van der Waals surface area (Å²) in [6.07, 6.45) is 3.91. The Morgan fingerprint density at radius 2 is 1.64 bits per heavy atom. The van der Waals surface area contributed by atoms with E-state index in [-0.39, 0.29) is 0 Å². The Bertz CT molecular complexity index is 1460. The number of aromatic nitrogens is 3. The lowest BCUT2D eigenvalue weighted by Gasteiger charge is -2.16. The fraction of sp³-hybridized carbons (Fsp3) is 0.185. The molecule has 1 saturated heterocycles. The molecule has 0 bridgehead atoms. The van der Waals surface area contributed by atoms with E-state index in [1.54, 1.807) is 18.3 Å². The number of hydrogen-bond acceptors (Lipinski definition) is 8. The van der Waals surface area contributed by atoms with Crippen LogP contribution < -0.4 is 20.4 Å². The van der Waals surface area contributed by atoms with Crippen LogP contribution in [0.15, 0.2) is 74.7 Å². The smallest absolute Gasteiger partial charge is 0.250 e. The standard InChI is InChI=1S/C27H23Br2Cl2N7O/c28-21-12-17(13-22(29)24(21)39-16-18-8-9-19(30)14-23(18)31)15-32-37-26-34-25(33-20-6-2-1-3-7-20)35-27(36-26)38-10-4-5-11-38/h1-3,6-9,12-15H,4-5,10-11,16H2,(H2,33,34,35,36,37)/b32-15-. The molecule has 8 nitrogen and oxygen atoms in total. The van der Waals surface area contributed by atoms with Crippen molar-refractivity contribution in [3.63, 3.8) is 0 Å². The van der Waals surface area contributed by atoms with Gasteiger partial charge >= 0.3 is 0 Å². The van der Waals surface area contributed by atoms with Crippen LogP contribution in [0.2, 0.25) is 10.0 Å². The van der Waals surface area contributed by atoms with Crippen LogP contribution >= 0.6 is 55.1 Å². The molecule has 1 aromatic heterocycles. The van der Waals surface area contributed by atoms with E-state index < -0.39 is 0 Å². The van der Waals surface area contributed by atoms with Gasteiger partial charge in [0, 0.05) is 34.4 Å². The van der Waals surface area contributed by atoms with Crippen LogP contribution in [0.4, 0.5) is 23.5 Å². The van der Waals surface area contributed by atoms with Crippen LogP contribution in [-0.2, 0) is 6.61 Å². The predicted molar refractivity (Wildman–Crippen MR) is 165 cm³/mol. The highest BCUT2D eigenvalue weighted by atomic mass is 79.9. The van der Waals surface area contributed by atoms with Crippen LogP contribution in [-0.4, -0.2) is 34.3 Å². The van der Waals surface area contributed by atoms with Crippen LogP contribution in [0.1, 0.15) is 24.0 Å². The highest BCUT2D eigenvalue weighted by molar-refractivity contribution is 9.11. The molecule has 2 heterocycles. The average Bonchev–Trinajstić information content (AvgIpc) is 3.45. The van der Waals surface area contributed by atoms with Gasteiger partial charge in [-0.3, -0.25) is 0 Å². The van der Waals surface area contributed by atoms with Crippen molar-refractivity contribution < 1.29 is 4.74 Å². The molecule has 0 unspecified atom stereocenters. The molecule has 0 saturated carbocycles. The molecule has 5 rings (SSSR count). The van der Waals surface area contributed by atoms with Crippen molar-refractivity contribution in [2.75, 3.05) is 28.7 Å². The lowest BCUT2D eigenvalue weighted by molar-refractivity contribution is 0.302. The summed E-state index contributed by atoms with van der Waals surface area (Å²) in [4.78, 5) is 15.9. The summed E-state index contributed by atoms with van der Waals surface area (Å²) in [5.41, 5.74) is 5.50. The minimum Gasteiger partial charge on any atom is -0.486 e. The predicted octanol–water partition coefficient (Wildman–Crippen LogP) is 8.07. The number of nitrogens with one attached hydrogen (secondary N) is 2. The van der Waals surface area contributed by atoms with Crippen LogP contribution in [0.5, 0.6) is 5.75 Å². The maximum Gasteiger partial charge on any atom is 0.250 e. The number of nitrogens with zero attached hydrogens (tertiary/aromatic N) is 5. The summed E-state index contributed by atoms with van der Waals surface area (Å²) in [5, 5.41) is 8.75. The molecule has 2 N–H and O–H groups in total. The van der Waals surface area contributed by atoms with E-state index in [2.05, 4.69) is 67.6 Å². The lowest BCUT2D eigenvalue weighted by atomic mass is 10.2. The molecule has 4 aromatic rings. The monoisotopic (exact) mass is 689 g/mol. The number of rotatable bonds is 9. The van der Waals surface area contributed by atoms with Gasteiger partial charge in [-0.25, -0.2) is 5.43 Å². The van der Waals surface area contributed by atoms with E-state index >= 15 is 0 Å². The Morgan fingerprint density at radius 3 is 2.36 bits per heavy atom. The fourth-order valence-corrected chi connectivity index (χ4v) is 5.84. The number of anilines is 4. The first-order chi connectivity index (χ1) is 18.9. The second-order valence-corrected chi connectivity index (χ2v) is 11.2. The molecule has 0 amide bonds. The van der Waals surface area contributed by atoms with Crippen molar-refractivity contribution in [1.82, 2.24) is 15.0 Å². The molecule has 0 aliphatic carbocycles. The molecule has 0 spiro atoms. The van der Waals surface area contributed by atoms with Gasteiger partial charge in [0.05, 0.1) is 15.2 Å². The van der Waals surface area contributed by atoms with Gasteiger partial charge in [0.25, 0.3) is 0 Å². The van der Waals surface area contributed by atoms with Gasteiger partial charge in [-0.2, -0.15) is 20.1 Å². The number of para-hydroxylation sites is 1. The first-order valence-electron chi connectivity index (χ1n) is 12.1. The van der Waals surface area contributed by atoms with Crippen LogP contribution in [0.25, 0.3) is 0 Å². The van der Waals surface area contributed by atoms with E-state index in [9.17, 15) is 0 Å². The van der Waals surface area contributed by atoms with Crippen molar-refractivity contribution in [3.8, 4) is 5.75 Å². The maximum absolute atomic E-state index is 6.27.